The summed E-state index contributed by atoms with van der Waals surface area (Å²) in [5.41, 5.74) is 0. The van der Waals surface area contributed by atoms with Crippen molar-refractivity contribution in [2.75, 3.05) is 0 Å². The Bertz CT molecular complexity index is 445. The minimum Gasteiger partial charge on any atom is -0.301 e. The number of rotatable bonds is 2. The number of hydrogen-bond donors (Lipinski definition) is 1. The molecule has 88 valence electrons. The summed E-state index contributed by atoms with van der Waals surface area (Å²) in [5, 5.41) is 7.36. The minimum atomic E-state index is 0.451. The van der Waals surface area contributed by atoms with Crippen molar-refractivity contribution in [1.82, 2.24) is 14.8 Å². The Labute approximate surface area is 101 Å². The van der Waals surface area contributed by atoms with Crippen molar-refractivity contribution in [3.8, 4) is 0 Å². The third-order valence-electron chi connectivity index (χ3n) is 4.28. The lowest BCUT2D eigenvalue weighted by atomic mass is 9.95. The first-order chi connectivity index (χ1) is 7.66. The highest BCUT2D eigenvalue weighted by Gasteiger charge is 2.41. The van der Waals surface area contributed by atoms with E-state index < -0.39 is 0 Å². The van der Waals surface area contributed by atoms with Crippen LogP contribution in [-0.4, -0.2) is 14.8 Å². The molecule has 16 heavy (non-hydrogen) atoms. The lowest BCUT2D eigenvalue weighted by molar-refractivity contribution is 0.317. The molecule has 2 fully saturated rings. The van der Waals surface area contributed by atoms with E-state index in [2.05, 4.69) is 28.6 Å². The zero-order valence-electron chi connectivity index (χ0n) is 9.94. The lowest BCUT2D eigenvalue weighted by Gasteiger charge is -2.25. The van der Waals surface area contributed by atoms with E-state index in [1.54, 1.807) is 0 Å². The smallest absolute Gasteiger partial charge is 0.195 e. The predicted octanol–water partition coefficient (Wildman–Crippen LogP) is 3.43. The van der Waals surface area contributed by atoms with Gasteiger partial charge in [0.1, 0.15) is 5.82 Å². The van der Waals surface area contributed by atoms with E-state index in [1.807, 2.05) is 0 Å². The van der Waals surface area contributed by atoms with Crippen LogP contribution in [0.5, 0.6) is 0 Å². The summed E-state index contributed by atoms with van der Waals surface area (Å²) in [7, 11) is 0. The largest absolute Gasteiger partial charge is 0.301 e. The van der Waals surface area contributed by atoms with Crippen molar-refractivity contribution >= 4 is 12.2 Å². The van der Waals surface area contributed by atoms with E-state index in [-0.39, 0.29) is 0 Å². The van der Waals surface area contributed by atoms with Gasteiger partial charge in [-0.3, -0.25) is 5.10 Å². The van der Waals surface area contributed by atoms with Crippen LogP contribution in [0.1, 0.15) is 57.3 Å². The fraction of sp³-hybridized carbons (Fsp3) is 0.833. The van der Waals surface area contributed by atoms with E-state index >= 15 is 0 Å². The molecule has 1 aromatic heterocycles. The summed E-state index contributed by atoms with van der Waals surface area (Å²) in [5.74, 6) is 3.40. The van der Waals surface area contributed by atoms with Gasteiger partial charge < -0.3 is 4.57 Å². The third-order valence-corrected chi connectivity index (χ3v) is 4.57. The fourth-order valence-corrected chi connectivity index (χ4v) is 3.85. The van der Waals surface area contributed by atoms with Crippen molar-refractivity contribution < 1.29 is 0 Å². The van der Waals surface area contributed by atoms with Crippen molar-refractivity contribution in [1.29, 1.82) is 0 Å². The Morgan fingerprint density at radius 3 is 2.75 bits per heavy atom. The van der Waals surface area contributed by atoms with Crippen LogP contribution in [0.2, 0.25) is 0 Å². The average Bonchev–Trinajstić information content (AvgIpc) is 2.90. The second-order valence-electron chi connectivity index (χ2n) is 5.65. The molecular weight excluding hydrogens is 218 g/mol. The maximum absolute atomic E-state index is 5.39. The van der Waals surface area contributed by atoms with Gasteiger partial charge in [0.05, 0.1) is 0 Å². The molecule has 0 unspecified atom stereocenters. The van der Waals surface area contributed by atoms with Crippen molar-refractivity contribution in [3.05, 3.63) is 10.6 Å². The molecule has 0 saturated heterocycles. The topological polar surface area (TPSA) is 33.6 Å². The Kier molecular flexibility index (Phi) is 2.42. The van der Waals surface area contributed by atoms with Gasteiger partial charge in [-0.15, -0.1) is 0 Å². The van der Waals surface area contributed by atoms with Gasteiger partial charge in [-0.2, -0.15) is 5.10 Å². The summed E-state index contributed by atoms with van der Waals surface area (Å²) >= 11 is 5.39. The van der Waals surface area contributed by atoms with Gasteiger partial charge in [0, 0.05) is 12.0 Å². The Morgan fingerprint density at radius 2 is 2.19 bits per heavy atom. The maximum atomic E-state index is 5.39. The highest BCUT2D eigenvalue weighted by molar-refractivity contribution is 7.71. The average molecular weight is 237 g/mol. The second-order valence-corrected chi connectivity index (χ2v) is 6.04. The quantitative estimate of drug-likeness (QED) is 0.800. The zero-order chi connectivity index (χ0) is 11.3. The highest BCUT2D eigenvalue weighted by Crippen LogP contribution is 2.51. The predicted molar refractivity (Wildman–Crippen MR) is 66.0 cm³/mol. The van der Waals surface area contributed by atoms with E-state index in [1.165, 1.54) is 25.7 Å². The number of hydrogen-bond acceptors (Lipinski definition) is 2. The molecule has 2 bridgehead atoms. The Hall–Kier alpha value is -0.640. The van der Waals surface area contributed by atoms with Gasteiger partial charge in [0.15, 0.2) is 4.77 Å². The minimum absolute atomic E-state index is 0.451. The van der Waals surface area contributed by atoms with Crippen LogP contribution in [0.15, 0.2) is 0 Å². The van der Waals surface area contributed by atoms with Crippen LogP contribution in [0.4, 0.5) is 0 Å². The van der Waals surface area contributed by atoms with Crippen molar-refractivity contribution in [2.24, 2.45) is 11.8 Å². The van der Waals surface area contributed by atoms with Crippen LogP contribution in [0.25, 0.3) is 0 Å². The summed E-state index contributed by atoms with van der Waals surface area (Å²) in [4.78, 5) is 0. The summed E-state index contributed by atoms with van der Waals surface area (Å²) in [6.45, 7) is 4.38. The molecule has 3 nitrogen and oxygen atoms in total. The standard InChI is InChI=1S/C12H19N3S/c1-7(2)11-13-14-12(16)15(11)10-6-8-3-4-9(10)5-8/h7-10H,3-6H2,1-2H3,(H,14,16)/t8-,9-,10-/m1/s1. The molecule has 1 heterocycles. The monoisotopic (exact) mass is 237 g/mol. The van der Waals surface area contributed by atoms with Gasteiger partial charge in [-0.25, -0.2) is 0 Å². The molecule has 0 spiro atoms. The Balaban J connectivity index is 2.00. The molecule has 3 atom stereocenters. The summed E-state index contributed by atoms with van der Waals surface area (Å²) < 4.78 is 3.13. The molecule has 0 amide bonds. The number of aromatic amines is 1. The van der Waals surface area contributed by atoms with Crippen LogP contribution >= 0.6 is 12.2 Å². The number of nitrogens with one attached hydrogen (secondary N) is 1. The molecule has 2 saturated carbocycles. The third kappa shape index (κ3) is 1.46. The van der Waals surface area contributed by atoms with Gasteiger partial charge in [-0.1, -0.05) is 20.3 Å². The molecular formula is C12H19N3S. The summed E-state index contributed by atoms with van der Waals surface area (Å²) in [6, 6.07) is 0.627. The van der Waals surface area contributed by atoms with Crippen LogP contribution < -0.4 is 0 Å². The van der Waals surface area contributed by atoms with Crippen LogP contribution in [0.3, 0.4) is 0 Å². The van der Waals surface area contributed by atoms with Crippen LogP contribution in [-0.2, 0) is 0 Å². The number of H-pyrrole nitrogens is 1. The van der Waals surface area contributed by atoms with Gasteiger partial charge in [0.2, 0.25) is 0 Å². The molecule has 0 radical (unpaired) electrons. The van der Waals surface area contributed by atoms with E-state index in [0.29, 0.717) is 12.0 Å². The molecule has 0 aromatic carbocycles. The van der Waals surface area contributed by atoms with Gasteiger partial charge in [0.25, 0.3) is 0 Å². The van der Waals surface area contributed by atoms with E-state index in [9.17, 15) is 0 Å². The lowest BCUT2D eigenvalue weighted by Crippen LogP contribution is -2.19. The Morgan fingerprint density at radius 1 is 1.38 bits per heavy atom. The summed E-state index contributed by atoms with van der Waals surface area (Å²) in [6.07, 6.45) is 5.55. The first-order valence-corrected chi connectivity index (χ1v) is 6.74. The second kappa shape index (κ2) is 3.69. The first kappa shape index (κ1) is 10.5. The molecule has 0 aliphatic heterocycles. The van der Waals surface area contributed by atoms with Gasteiger partial charge >= 0.3 is 0 Å². The molecule has 4 heteroatoms. The SMILES string of the molecule is CC(C)c1n[nH]c(=S)n1[C@@H]1C[C@@H]2CC[C@@H]1C2. The maximum Gasteiger partial charge on any atom is 0.195 e. The van der Waals surface area contributed by atoms with Crippen molar-refractivity contribution in [2.45, 2.75) is 51.5 Å². The van der Waals surface area contributed by atoms with E-state index in [4.69, 9.17) is 12.2 Å². The number of nitrogens with zero attached hydrogens (tertiary/aromatic N) is 2. The highest BCUT2D eigenvalue weighted by atomic mass is 32.1. The molecule has 3 rings (SSSR count). The first-order valence-electron chi connectivity index (χ1n) is 6.33. The van der Waals surface area contributed by atoms with E-state index in [0.717, 1.165) is 22.4 Å². The number of fused-ring (bicyclic) bond motifs is 2. The van der Waals surface area contributed by atoms with Crippen molar-refractivity contribution in [3.63, 3.8) is 0 Å². The molecule has 1 aromatic rings. The molecule has 2 aliphatic carbocycles. The zero-order valence-corrected chi connectivity index (χ0v) is 10.8. The molecule has 2 aliphatic rings. The number of aromatic nitrogens is 3. The molecule has 1 N–H and O–H groups in total. The van der Waals surface area contributed by atoms with Gasteiger partial charge in [-0.05, 0) is 43.3 Å². The fourth-order valence-electron chi connectivity index (χ4n) is 3.57. The normalized spacial score (nSPS) is 32.8. The van der Waals surface area contributed by atoms with Crippen LogP contribution in [0, 0.1) is 16.6 Å².